The van der Waals surface area contributed by atoms with E-state index in [2.05, 4.69) is 9.97 Å². The summed E-state index contributed by atoms with van der Waals surface area (Å²) < 4.78 is 6.78. The number of anilines is 1. The fourth-order valence-electron chi connectivity index (χ4n) is 2.63. The van der Waals surface area contributed by atoms with Crippen molar-refractivity contribution in [2.75, 3.05) is 25.6 Å². The number of aliphatic hydroxyl groups is 3. The lowest BCUT2D eigenvalue weighted by Gasteiger charge is -2.18. The zero-order valence-corrected chi connectivity index (χ0v) is 12.7. The van der Waals surface area contributed by atoms with Crippen LogP contribution >= 0.6 is 0 Å². The molecule has 1 saturated heterocycles. The number of rotatable bonds is 3. The van der Waals surface area contributed by atoms with Gasteiger partial charge in [-0.15, -0.1) is 0 Å². The molecule has 0 bridgehead atoms. The number of nitrogens with zero attached hydrogens (tertiary/aromatic N) is 4. The molecule has 1 fully saturated rings. The summed E-state index contributed by atoms with van der Waals surface area (Å²) in [6, 6.07) is 3.26. The SMILES string of the molecule is CN(C)c1nc(=O)n2cccc([C@@H]3O[C@H](CO)[C@@H](O)[C@H]3O)c2n1. The van der Waals surface area contributed by atoms with Crippen LogP contribution in [0, 0.1) is 0 Å². The molecule has 9 nitrogen and oxygen atoms in total. The number of aromatic nitrogens is 3. The lowest BCUT2D eigenvalue weighted by Crippen LogP contribution is -2.32. The monoisotopic (exact) mass is 322 g/mol. The molecular weight excluding hydrogens is 304 g/mol. The molecule has 0 aliphatic carbocycles. The second-order valence-electron chi connectivity index (χ2n) is 5.62. The van der Waals surface area contributed by atoms with Crippen molar-refractivity contribution in [2.45, 2.75) is 24.4 Å². The first-order valence-corrected chi connectivity index (χ1v) is 7.13. The lowest BCUT2D eigenvalue weighted by molar-refractivity contribution is -0.0225. The van der Waals surface area contributed by atoms with Gasteiger partial charge in [0.2, 0.25) is 5.95 Å². The highest BCUT2D eigenvalue weighted by molar-refractivity contribution is 5.52. The molecule has 1 aliphatic rings. The standard InChI is InChI=1S/C14H18N4O5/c1-17(2)13-15-12-7(4-3-5-18(12)14(22)16-13)11-10(21)9(20)8(6-19)23-11/h3-5,8-11,19-21H,6H2,1-2H3/t8-,9-,10-,11+/m1/s1. The molecule has 2 aromatic heterocycles. The number of aliphatic hydroxyl groups excluding tert-OH is 3. The van der Waals surface area contributed by atoms with Gasteiger partial charge in [-0.3, -0.25) is 4.40 Å². The van der Waals surface area contributed by atoms with Gasteiger partial charge in [-0.1, -0.05) is 6.07 Å². The van der Waals surface area contributed by atoms with Gasteiger partial charge in [-0.05, 0) is 6.07 Å². The highest BCUT2D eigenvalue weighted by atomic mass is 16.6. The molecule has 0 aromatic carbocycles. The van der Waals surface area contributed by atoms with Crippen molar-refractivity contribution in [2.24, 2.45) is 0 Å². The first-order chi connectivity index (χ1) is 10.9. The van der Waals surface area contributed by atoms with Gasteiger partial charge in [0.1, 0.15) is 24.4 Å². The van der Waals surface area contributed by atoms with Crippen molar-refractivity contribution in [3.63, 3.8) is 0 Å². The van der Waals surface area contributed by atoms with E-state index in [0.717, 1.165) is 0 Å². The predicted octanol–water partition coefficient (Wildman–Crippen LogP) is -1.69. The van der Waals surface area contributed by atoms with Crippen LogP contribution in [0.3, 0.4) is 0 Å². The first-order valence-electron chi connectivity index (χ1n) is 7.13. The molecule has 9 heteroatoms. The molecule has 3 N–H and O–H groups in total. The Hall–Kier alpha value is -2.07. The Morgan fingerprint density at radius 2 is 2.04 bits per heavy atom. The Balaban J connectivity index is 2.16. The fourth-order valence-corrected chi connectivity index (χ4v) is 2.63. The summed E-state index contributed by atoms with van der Waals surface area (Å²) in [5, 5.41) is 29.3. The van der Waals surface area contributed by atoms with Crippen LogP contribution in [0.5, 0.6) is 0 Å². The van der Waals surface area contributed by atoms with Crippen LogP contribution in [0.1, 0.15) is 11.7 Å². The van der Waals surface area contributed by atoms with Crippen molar-refractivity contribution in [3.05, 3.63) is 34.4 Å². The Bertz CT molecular complexity index is 777. The van der Waals surface area contributed by atoms with E-state index in [1.807, 2.05) is 0 Å². The van der Waals surface area contributed by atoms with Crippen LogP contribution in [0.15, 0.2) is 23.1 Å². The minimum atomic E-state index is -1.23. The van der Waals surface area contributed by atoms with Crippen molar-refractivity contribution in [1.82, 2.24) is 14.4 Å². The summed E-state index contributed by atoms with van der Waals surface area (Å²) in [7, 11) is 3.42. The van der Waals surface area contributed by atoms with Crippen molar-refractivity contribution in [1.29, 1.82) is 0 Å². The van der Waals surface area contributed by atoms with E-state index < -0.39 is 36.7 Å². The average Bonchev–Trinajstić information content (AvgIpc) is 2.82. The molecular formula is C14H18N4O5. The van der Waals surface area contributed by atoms with Gasteiger partial charge in [0, 0.05) is 25.9 Å². The van der Waals surface area contributed by atoms with Gasteiger partial charge in [0.15, 0.2) is 5.65 Å². The van der Waals surface area contributed by atoms with E-state index in [1.165, 1.54) is 10.6 Å². The lowest BCUT2D eigenvalue weighted by atomic mass is 10.0. The fraction of sp³-hybridized carbons (Fsp3) is 0.500. The minimum Gasteiger partial charge on any atom is -0.394 e. The molecule has 0 radical (unpaired) electrons. The van der Waals surface area contributed by atoms with Gasteiger partial charge in [-0.25, -0.2) is 4.79 Å². The quantitative estimate of drug-likeness (QED) is 0.612. The normalized spacial score (nSPS) is 27.5. The topological polar surface area (TPSA) is 120 Å². The van der Waals surface area contributed by atoms with E-state index in [-0.39, 0.29) is 11.6 Å². The molecule has 0 unspecified atom stereocenters. The highest BCUT2D eigenvalue weighted by Crippen LogP contribution is 2.34. The molecule has 23 heavy (non-hydrogen) atoms. The largest absolute Gasteiger partial charge is 0.394 e. The summed E-state index contributed by atoms with van der Waals surface area (Å²) in [6.45, 7) is -0.419. The van der Waals surface area contributed by atoms with Gasteiger partial charge in [0.05, 0.1) is 6.61 Å². The highest BCUT2D eigenvalue weighted by Gasteiger charge is 2.43. The molecule has 124 valence electrons. The van der Waals surface area contributed by atoms with Gasteiger partial charge >= 0.3 is 5.69 Å². The van der Waals surface area contributed by atoms with Crippen LogP contribution in [0.2, 0.25) is 0 Å². The first kappa shape index (κ1) is 15.8. The zero-order chi connectivity index (χ0) is 16.7. The van der Waals surface area contributed by atoms with E-state index in [1.54, 1.807) is 31.1 Å². The van der Waals surface area contributed by atoms with Crippen LogP contribution in [-0.2, 0) is 4.74 Å². The van der Waals surface area contributed by atoms with E-state index in [0.29, 0.717) is 5.56 Å². The second kappa shape index (κ2) is 5.85. The summed E-state index contributed by atoms with van der Waals surface area (Å²) in [4.78, 5) is 21.9. The molecule has 3 rings (SSSR count). The maximum atomic E-state index is 12.1. The van der Waals surface area contributed by atoms with Crippen LogP contribution in [0.4, 0.5) is 5.95 Å². The Morgan fingerprint density at radius 3 is 2.65 bits per heavy atom. The third-order valence-corrected chi connectivity index (χ3v) is 3.85. The number of fused-ring (bicyclic) bond motifs is 1. The van der Waals surface area contributed by atoms with E-state index in [9.17, 15) is 20.1 Å². The Labute approximate surface area is 131 Å². The molecule has 2 aromatic rings. The van der Waals surface area contributed by atoms with Gasteiger partial charge < -0.3 is 25.0 Å². The molecule has 4 atom stereocenters. The van der Waals surface area contributed by atoms with Crippen LogP contribution < -0.4 is 10.6 Å². The summed E-state index contributed by atoms with van der Waals surface area (Å²) >= 11 is 0. The summed E-state index contributed by atoms with van der Waals surface area (Å²) in [6.07, 6.45) is -2.72. The van der Waals surface area contributed by atoms with E-state index >= 15 is 0 Å². The number of pyridine rings is 1. The molecule has 0 amide bonds. The summed E-state index contributed by atoms with van der Waals surface area (Å²) in [5.74, 6) is 0.231. The Kier molecular flexibility index (Phi) is 4.02. The number of hydrogen-bond acceptors (Lipinski definition) is 8. The third-order valence-electron chi connectivity index (χ3n) is 3.85. The molecule has 3 heterocycles. The molecule has 0 saturated carbocycles. The predicted molar refractivity (Wildman–Crippen MR) is 80.3 cm³/mol. The maximum Gasteiger partial charge on any atom is 0.356 e. The van der Waals surface area contributed by atoms with E-state index in [4.69, 9.17) is 4.74 Å². The van der Waals surface area contributed by atoms with Crippen LogP contribution in [-0.4, -0.2) is 68.7 Å². The van der Waals surface area contributed by atoms with Crippen molar-refractivity contribution in [3.8, 4) is 0 Å². The smallest absolute Gasteiger partial charge is 0.356 e. The van der Waals surface area contributed by atoms with Gasteiger partial charge in [-0.2, -0.15) is 9.97 Å². The van der Waals surface area contributed by atoms with Crippen molar-refractivity contribution < 1.29 is 20.1 Å². The third kappa shape index (κ3) is 2.57. The van der Waals surface area contributed by atoms with Gasteiger partial charge in [0.25, 0.3) is 0 Å². The molecule has 0 spiro atoms. The van der Waals surface area contributed by atoms with Crippen molar-refractivity contribution >= 4 is 11.6 Å². The zero-order valence-electron chi connectivity index (χ0n) is 12.7. The molecule has 1 aliphatic heterocycles. The second-order valence-corrected chi connectivity index (χ2v) is 5.62. The summed E-state index contributed by atoms with van der Waals surface area (Å²) in [5.41, 5.74) is 0.218. The maximum absolute atomic E-state index is 12.1. The minimum absolute atomic E-state index is 0.231. The Morgan fingerprint density at radius 1 is 1.30 bits per heavy atom. The van der Waals surface area contributed by atoms with Crippen LogP contribution in [0.25, 0.3) is 5.65 Å². The average molecular weight is 322 g/mol. The number of hydrogen-bond donors (Lipinski definition) is 3. The number of ether oxygens (including phenoxy) is 1.